The number of anilines is 3. The van der Waals surface area contributed by atoms with Gasteiger partial charge in [-0.1, -0.05) is 137 Å². The van der Waals surface area contributed by atoms with Crippen molar-refractivity contribution in [3.63, 3.8) is 0 Å². The molecule has 0 aliphatic carbocycles. The number of pyridine rings is 1. The Morgan fingerprint density at radius 1 is 0.424 bits per heavy atom. The molecule has 0 saturated carbocycles. The second-order valence-corrected chi connectivity index (χ2v) is 17.8. The van der Waals surface area contributed by atoms with E-state index in [0.717, 1.165) is 62.0 Å². The van der Waals surface area contributed by atoms with E-state index in [9.17, 15) is 0 Å². The van der Waals surface area contributed by atoms with Gasteiger partial charge in [0.1, 0.15) is 11.6 Å². The van der Waals surface area contributed by atoms with Gasteiger partial charge in [0, 0.05) is 56.1 Å². The molecule has 0 amide bonds. The van der Waals surface area contributed by atoms with Gasteiger partial charge in [-0.25, -0.2) is 9.97 Å². The summed E-state index contributed by atoms with van der Waals surface area (Å²) in [4.78, 5) is 12.8. The summed E-state index contributed by atoms with van der Waals surface area (Å²) in [5, 5.41) is 4.83. The van der Waals surface area contributed by atoms with Gasteiger partial charge in [-0.2, -0.15) is 0 Å². The lowest BCUT2D eigenvalue weighted by atomic mass is 9.92. The highest BCUT2D eigenvalue weighted by molar-refractivity contribution is 6.29. The molecule has 0 saturated heterocycles. The number of rotatable bonds is 9. The quantitative estimate of drug-likeness (QED) is 0.145. The van der Waals surface area contributed by atoms with Gasteiger partial charge in [-0.15, -0.1) is 0 Å². The Balaban J connectivity index is 1.10. The number of hydrogen-bond donors (Lipinski definition) is 0. The molecule has 0 atom stereocenters. The van der Waals surface area contributed by atoms with E-state index in [1.54, 1.807) is 0 Å². The first-order valence-electron chi connectivity index (χ1n) is 23.0. The number of imidazole rings is 1. The van der Waals surface area contributed by atoms with Gasteiger partial charge in [-0.3, -0.25) is 9.13 Å². The van der Waals surface area contributed by atoms with Crippen LogP contribution < -0.4 is 4.90 Å². The zero-order valence-corrected chi connectivity index (χ0v) is 37.5. The molecular weight excluding hydrogens is 805 g/mol. The van der Waals surface area contributed by atoms with Gasteiger partial charge in [0.05, 0.1) is 38.8 Å². The van der Waals surface area contributed by atoms with Crippen LogP contribution in [0.3, 0.4) is 0 Å². The molecule has 0 aliphatic rings. The maximum Gasteiger partial charge on any atom is 0.145 e. The number of nitrogens with zero attached hydrogens (tertiary/aromatic N) is 6. The van der Waals surface area contributed by atoms with E-state index in [1.807, 2.05) is 12.3 Å². The van der Waals surface area contributed by atoms with Gasteiger partial charge < -0.3 is 9.47 Å². The van der Waals surface area contributed by atoms with Crippen LogP contribution in [0, 0.1) is 0 Å². The lowest BCUT2D eigenvalue weighted by Gasteiger charge is -2.26. The third kappa shape index (κ3) is 6.24. The molecule has 318 valence electrons. The monoisotopic (exact) mass is 852 g/mol. The Kier molecular flexibility index (Phi) is 9.42. The van der Waals surface area contributed by atoms with Crippen LogP contribution in [-0.4, -0.2) is 23.7 Å². The van der Waals surface area contributed by atoms with Gasteiger partial charge in [0.25, 0.3) is 0 Å². The van der Waals surface area contributed by atoms with Crippen LogP contribution >= 0.6 is 0 Å². The van der Waals surface area contributed by atoms with Gasteiger partial charge in [0.2, 0.25) is 0 Å². The summed E-state index contributed by atoms with van der Waals surface area (Å²) in [6.45, 7) is 9.15. The molecule has 0 radical (unpaired) electrons. The number of benzene rings is 8. The number of fused-ring (bicyclic) bond motifs is 8. The fraction of sp³-hybridized carbons (Fsp3) is 0.100. The molecule has 0 fully saturated rings. The predicted molar refractivity (Wildman–Crippen MR) is 276 cm³/mol. The van der Waals surface area contributed by atoms with Crippen LogP contribution in [-0.2, 0) is 0 Å². The molecule has 0 unspecified atom stereocenters. The van der Waals surface area contributed by atoms with Crippen LogP contribution in [0.1, 0.15) is 50.7 Å². The molecule has 0 aliphatic heterocycles. The van der Waals surface area contributed by atoms with Crippen molar-refractivity contribution in [1.29, 1.82) is 0 Å². The lowest BCUT2D eigenvalue weighted by molar-refractivity contribution is 0.811. The average Bonchev–Trinajstić information content (AvgIpc) is 4.02. The zero-order chi connectivity index (χ0) is 44.5. The topological polar surface area (TPSA) is 43.8 Å². The van der Waals surface area contributed by atoms with Crippen LogP contribution in [0.25, 0.3) is 83.2 Å². The SMILES string of the molecule is CC(C)c1cccc(C(C)C)c1-n1c(-c2cccc(N(c3ccccc3)c3ccc4c5c6c7ccccc7n(-c7ccccc7)c6ccc5n(-c5ccccn5)c4c3)c2)nc2ccccc21. The van der Waals surface area contributed by atoms with E-state index < -0.39 is 0 Å². The molecule has 0 spiro atoms. The van der Waals surface area contributed by atoms with E-state index in [-0.39, 0.29) is 0 Å². The summed E-state index contributed by atoms with van der Waals surface area (Å²) >= 11 is 0. The zero-order valence-electron chi connectivity index (χ0n) is 37.5. The van der Waals surface area contributed by atoms with Crippen LogP contribution in [0.5, 0.6) is 0 Å². The summed E-state index contributed by atoms with van der Waals surface area (Å²) in [5.74, 6) is 2.44. The summed E-state index contributed by atoms with van der Waals surface area (Å²) < 4.78 is 7.15. The minimum Gasteiger partial charge on any atom is -0.310 e. The number of hydrogen-bond acceptors (Lipinski definition) is 3. The highest BCUT2D eigenvalue weighted by atomic mass is 15.2. The first-order valence-corrected chi connectivity index (χ1v) is 23.0. The molecule has 66 heavy (non-hydrogen) atoms. The van der Waals surface area contributed by atoms with Crippen molar-refractivity contribution < 1.29 is 0 Å². The molecule has 4 aromatic heterocycles. The first kappa shape index (κ1) is 39.4. The van der Waals surface area contributed by atoms with Crippen molar-refractivity contribution >= 4 is 71.7 Å². The summed E-state index contributed by atoms with van der Waals surface area (Å²) in [7, 11) is 0. The fourth-order valence-corrected chi connectivity index (χ4v) is 10.3. The van der Waals surface area contributed by atoms with Gasteiger partial charge in [0.15, 0.2) is 0 Å². The van der Waals surface area contributed by atoms with Crippen molar-refractivity contribution in [2.75, 3.05) is 4.90 Å². The van der Waals surface area contributed by atoms with Crippen LogP contribution in [0.2, 0.25) is 0 Å². The standard InChI is InChI=1S/C60H48N6/c1-39(2)46-26-18-27-47(40(3)4)59(46)66-52-30-14-12-28-50(52)62-60(66)41-19-17-24-44(37-41)63(42-20-7-5-8-21-42)45-32-33-49-55(38-45)65(56-31-15-16-36-61-56)54-35-34-53-57(58(49)54)48-25-11-13-29-51(48)64(53)43-22-9-6-10-23-43/h5-40H,1-4H3. The molecule has 8 aromatic carbocycles. The molecule has 0 bridgehead atoms. The third-order valence-electron chi connectivity index (χ3n) is 13.2. The van der Waals surface area contributed by atoms with Gasteiger partial charge >= 0.3 is 0 Å². The second kappa shape index (κ2) is 15.8. The highest BCUT2D eigenvalue weighted by Crippen LogP contribution is 2.45. The Bertz CT molecular complexity index is 3740. The lowest BCUT2D eigenvalue weighted by Crippen LogP contribution is -2.11. The third-order valence-corrected chi connectivity index (χ3v) is 13.2. The van der Waals surface area contributed by atoms with Crippen LogP contribution in [0.15, 0.2) is 206 Å². The molecule has 0 N–H and O–H groups in total. The Labute approximate surface area is 384 Å². The van der Waals surface area contributed by atoms with Crippen molar-refractivity contribution in [1.82, 2.24) is 23.7 Å². The van der Waals surface area contributed by atoms with Crippen molar-refractivity contribution in [2.45, 2.75) is 39.5 Å². The second-order valence-electron chi connectivity index (χ2n) is 17.8. The Morgan fingerprint density at radius 3 is 1.76 bits per heavy atom. The highest BCUT2D eigenvalue weighted by Gasteiger charge is 2.25. The molecule has 12 aromatic rings. The summed E-state index contributed by atoms with van der Waals surface area (Å²) in [6, 6.07) is 72.0. The van der Waals surface area contributed by atoms with E-state index >= 15 is 0 Å². The predicted octanol–water partition coefficient (Wildman–Crippen LogP) is 16.0. The molecular formula is C60H48N6. The normalized spacial score (nSPS) is 11.9. The summed E-state index contributed by atoms with van der Waals surface area (Å²) in [6.07, 6.45) is 1.88. The largest absolute Gasteiger partial charge is 0.310 e. The smallest absolute Gasteiger partial charge is 0.145 e. The van der Waals surface area contributed by atoms with Crippen molar-refractivity contribution in [3.05, 3.63) is 218 Å². The van der Waals surface area contributed by atoms with E-state index in [2.05, 4.69) is 240 Å². The first-order chi connectivity index (χ1) is 32.4. The minimum atomic E-state index is 0.322. The molecule has 4 heterocycles. The van der Waals surface area contributed by atoms with Gasteiger partial charge in [-0.05, 0) is 114 Å². The Morgan fingerprint density at radius 2 is 1.03 bits per heavy atom. The maximum atomic E-state index is 5.42. The molecule has 6 heteroatoms. The van der Waals surface area contributed by atoms with E-state index in [0.29, 0.717) is 11.8 Å². The fourth-order valence-electron chi connectivity index (χ4n) is 10.3. The van der Waals surface area contributed by atoms with Crippen molar-refractivity contribution in [3.8, 4) is 28.6 Å². The maximum absolute atomic E-state index is 5.42. The molecule has 6 nitrogen and oxygen atoms in total. The average molecular weight is 853 g/mol. The summed E-state index contributed by atoms with van der Waals surface area (Å²) in [5.41, 5.74) is 15.8. The minimum absolute atomic E-state index is 0.322. The van der Waals surface area contributed by atoms with Crippen molar-refractivity contribution in [2.24, 2.45) is 0 Å². The number of aromatic nitrogens is 5. The van der Waals surface area contributed by atoms with E-state index in [4.69, 9.17) is 9.97 Å². The molecule has 12 rings (SSSR count). The number of para-hydroxylation sites is 6. The van der Waals surface area contributed by atoms with Crippen LogP contribution in [0.4, 0.5) is 17.1 Å². The van der Waals surface area contributed by atoms with E-state index in [1.165, 1.54) is 49.4 Å². The Hall–Kier alpha value is -8.22.